The molecule has 3 saturated heterocycles. The molecule has 17 nitrogen and oxygen atoms in total. The third-order valence-electron chi connectivity index (χ3n) is 16.0. The van der Waals surface area contributed by atoms with Crippen LogP contribution in [0, 0.1) is 33.1 Å². The average molecular weight is 1110 g/mol. The summed E-state index contributed by atoms with van der Waals surface area (Å²) in [7, 11) is 0. The Kier molecular flexibility index (Phi) is 20.2. The van der Waals surface area contributed by atoms with Crippen molar-refractivity contribution in [3.63, 3.8) is 0 Å². The quantitative estimate of drug-likeness (QED) is 0.0463. The van der Waals surface area contributed by atoms with Gasteiger partial charge >= 0.3 is 0 Å². The molecule has 3 aliphatic heterocycles. The van der Waals surface area contributed by atoms with Gasteiger partial charge in [0.2, 0.25) is 17.7 Å². The molecular formula is C62H83N9O8S. The molecule has 430 valence electrons. The van der Waals surface area contributed by atoms with E-state index in [-0.39, 0.29) is 49.5 Å². The maximum atomic E-state index is 14.2. The summed E-state index contributed by atoms with van der Waals surface area (Å²) in [5.41, 5.74) is 11.8. The molecule has 5 aromatic rings. The van der Waals surface area contributed by atoms with Crippen molar-refractivity contribution in [2.45, 2.75) is 131 Å². The number of aromatic nitrogens is 2. The number of hydrogen-bond donors (Lipinski definition) is 5. The first kappa shape index (κ1) is 59.8. The van der Waals surface area contributed by atoms with Crippen LogP contribution in [0.5, 0.6) is 0 Å². The third kappa shape index (κ3) is 15.0. The molecule has 0 spiro atoms. The number of nitrogens with one attached hydrogen (secondary N) is 4. The van der Waals surface area contributed by atoms with Crippen molar-refractivity contribution in [2.24, 2.45) is 5.41 Å². The number of hydrogen-bond acceptors (Lipinski definition) is 13. The van der Waals surface area contributed by atoms with Gasteiger partial charge in [-0.15, -0.1) is 11.3 Å². The number of likely N-dealkylation sites (tertiary alicyclic amines) is 1. The van der Waals surface area contributed by atoms with E-state index in [0.717, 1.165) is 120 Å². The zero-order valence-electron chi connectivity index (χ0n) is 48.3. The van der Waals surface area contributed by atoms with Gasteiger partial charge in [0.25, 0.3) is 11.5 Å². The molecule has 5 N–H and O–H groups in total. The Morgan fingerprint density at radius 3 is 2.25 bits per heavy atom. The van der Waals surface area contributed by atoms with Crippen molar-refractivity contribution in [2.75, 3.05) is 77.1 Å². The minimum absolute atomic E-state index is 0.00670. The highest BCUT2D eigenvalue weighted by molar-refractivity contribution is 7.13. The number of β-amino-alcohol motifs (C(OH)–C–C–N with tert-alkyl or cyclic N) is 1. The largest absolute Gasteiger partial charge is 0.391 e. The molecule has 4 atom stereocenters. The second kappa shape index (κ2) is 27.0. The fourth-order valence-electron chi connectivity index (χ4n) is 11.4. The van der Waals surface area contributed by atoms with Gasteiger partial charge in [0.15, 0.2) is 0 Å². The Hall–Kier alpha value is -6.28. The lowest BCUT2D eigenvalue weighted by molar-refractivity contribution is -0.144. The van der Waals surface area contributed by atoms with Crippen LogP contribution in [0.25, 0.3) is 21.6 Å². The topological polar surface area (TPSA) is 202 Å². The Morgan fingerprint density at radius 2 is 1.60 bits per heavy atom. The van der Waals surface area contributed by atoms with Gasteiger partial charge in [-0.05, 0) is 123 Å². The van der Waals surface area contributed by atoms with Crippen molar-refractivity contribution >= 4 is 40.7 Å². The Labute approximate surface area is 475 Å². The second-order valence-corrected chi connectivity index (χ2v) is 23.9. The van der Waals surface area contributed by atoms with Crippen LogP contribution in [0.1, 0.15) is 116 Å². The standard InChI is InChI=1S/C62H83N9O8S/c1-10-70(49-20-28-78-29-21-49)53-32-48(31-51(41(53)4)58(74)63-34-52-39(2)30-40(3)65-59(52)75)46-14-12-44(13-15-46)35-69-25-23-68(24-26-69)22-11-27-79-37-55(73)67-57(62(7,8)9)61(77)71-36-50(72)33-54(71)60(76)66-42(5)45-16-18-47(19-17-45)56-43(6)64-38-80-56/h12-19,30-32,38,42,49-50,54,57,72H,10-11,20-29,33-37H2,1-9H3,(H,63,74)(H,65,75)(H,66,76)(H,67,73)/t42?,50-,54+,57?/m1/s1. The number of carbonyl (C=O) groups excluding carboxylic acids is 4. The first-order valence-corrected chi connectivity index (χ1v) is 29.3. The van der Waals surface area contributed by atoms with Gasteiger partial charge in [-0.1, -0.05) is 69.3 Å². The number of aryl methyl sites for hydroxylation is 3. The van der Waals surface area contributed by atoms with Gasteiger partial charge in [-0.25, -0.2) is 4.98 Å². The summed E-state index contributed by atoms with van der Waals surface area (Å²) in [6.45, 7) is 25.2. The van der Waals surface area contributed by atoms with Gasteiger partial charge in [-0.3, -0.25) is 28.9 Å². The number of pyridine rings is 1. The molecular weight excluding hydrogens is 1030 g/mol. The number of ether oxygens (including phenoxy) is 2. The Balaban J connectivity index is 0.791. The van der Waals surface area contributed by atoms with Crippen LogP contribution in [0.3, 0.4) is 0 Å². The average Bonchev–Trinajstić information content (AvgIpc) is 4.08. The molecule has 3 fully saturated rings. The molecule has 18 heteroatoms. The first-order chi connectivity index (χ1) is 38.3. The molecule has 5 heterocycles. The zero-order chi connectivity index (χ0) is 57.3. The van der Waals surface area contributed by atoms with E-state index in [2.05, 4.69) is 77.9 Å². The van der Waals surface area contributed by atoms with Crippen molar-refractivity contribution in [1.29, 1.82) is 0 Å². The zero-order valence-corrected chi connectivity index (χ0v) is 49.1. The predicted molar refractivity (Wildman–Crippen MR) is 315 cm³/mol. The predicted octanol–water partition coefficient (Wildman–Crippen LogP) is 7.23. The number of aliphatic hydroxyl groups excluding tert-OH is 1. The SMILES string of the molecule is CCN(c1cc(-c2ccc(CN3CCN(CCCOCC(=O)NC(C(=O)N4C[C@H](O)C[C@H]4C(=O)NC(C)c4ccc(-c5scnc5C)cc4)C(C)(C)C)CC3)cc2)cc(C(=O)NCc2c(C)cc(C)[nH]c2=O)c1C)C1CCOCC1. The van der Waals surface area contributed by atoms with Crippen LogP contribution in [0.15, 0.2) is 77.0 Å². The number of nitrogens with zero attached hydrogens (tertiary/aromatic N) is 5. The second-order valence-electron chi connectivity index (χ2n) is 23.0. The third-order valence-corrected chi connectivity index (χ3v) is 17.0. The van der Waals surface area contributed by atoms with Crippen molar-refractivity contribution in [3.05, 3.63) is 127 Å². The first-order valence-electron chi connectivity index (χ1n) is 28.4. The molecule has 0 aliphatic carbocycles. The summed E-state index contributed by atoms with van der Waals surface area (Å²) in [5.74, 6) is -1.41. The van der Waals surface area contributed by atoms with E-state index in [1.165, 1.54) is 10.5 Å². The molecule has 2 aromatic heterocycles. The van der Waals surface area contributed by atoms with E-state index in [1.54, 1.807) is 11.3 Å². The normalized spacial score (nSPS) is 18.2. The number of H-pyrrole nitrogens is 1. The van der Waals surface area contributed by atoms with E-state index in [1.807, 2.05) is 97.3 Å². The number of aliphatic hydroxyl groups is 1. The molecule has 0 bridgehead atoms. The summed E-state index contributed by atoms with van der Waals surface area (Å²) in [6, 6.07) is 20.9. The van der Waals surface area contributed by atoms with Crippen molar-refractivity contribution in [3.8, 4) is 21.6 Å². The lowest BCUT2D eigenvalue weighted by Gasteiger charge is -2.37. The highest BCUT2D eigenvalue weighted by Crippen LogP contribution is 2.35. The fourth-order valence-corrected chi connectivity index (χ4v) is 12.2. The van der Waals surface area contributed by atoms with E-state index < -0.39 is 35.4 Å². The smallest absolute Gasteiger partial charge is 0.253 e. The van der Waals surface area contributed by atoms with Crippen LogP contribution in [0.4, 0.5) is 5.69 Å². The van der Waals surface area contributed by atoms with Crippen LogP contribution in [-0.2, 0) is 36.9 Å². The van der Waals surface area contributed by atoms with E-state index in [4.69, 9.17) is 9.47 Å². The van der Waals surface area contributed by atoms with E-state index in [0.29, 0.717) is 37.0 Å². The lowest BCUT2D eigenvalue weighted by Crippen LogP contribution is -2.58. The number of carbonyl (C=O) groups is 4. The number of piperazine rings is 1. The minimum atomic E-state index is -0.947. The number of benzene rings is 3. The van der Waals surface area contributed by atoms with Gasteiger partial charge in [-0.2, -0.15) is 0 Å². The maximum Gasteiger partial charge on any atom is 0.253 e. The fraction of sp³-hybridized carbons (Fsp3) is 0.516. The summed E-state index contributed by atoms with van der Waals surface area (Å²) < 4.78 is 11.6. The maximum absolute atomic E-state index is 14.2. The summed E-state index contributed by atoms with van der Waals surface area (Å²) in [4.78, 5) is 85.1. The summed E-state index contributed by atoms with van der Waals surface area (Å²) in [6.07, 6.45) is 1.81. The van der Waals surface area contributed by atoms with E-state index in [9.17, 15) is 29.1 Å². The van der Waals surface area contributed by atoms with Crippen molar-refractivity contribution in [1.82, 2.24) is 40.6 Å². The summed E-state index contributed by atoms with van der Waals surface area (Å²) in [5, 5.41) is 19.7. The number of aromatic amines is 1. The van der Waals surface area contributed by atoms with E-state index >= 15 is 0 Å². The lowest BCUT2D eigenvalue weighted by atomic mass is 9.85. The van der Waals surface area contributed by atoms with Gasteiger partial charge < -0.3 is 50.2 Å². The monoisotopic (exact) mass is 1110 g/mol. The number of anilines is 1. The molecule has 3 aromatic carbocycles. The Morgan fingerprint density at radius 1 is 0.912 bits per heavy atom. The molecule has 4 amide bonds. The highest BCUT2D eigenvalue weighted by Gasteiger charge is 2.45. The molecule has 3 aliphatic rings. The van der Waals surface area contributed by atoms with Gasteiger partial charge in [0, 0.05) is 114 Å². The summed E-state index contributed by atoms with van der Waals surface area (Å²) >= 11 is 1.58. The van der Waals surface area contributed by atoms with Crippen molar-refractivity contribution < 1.29 is 33.8 Å². The Bertz CT molecular complexity index is 2990. The number of amides is 4. The minimum Gasteiger partial charge on any atom is -0.391 e. The van der Waals surface area contributed by atoms with Crippen LogP contribution in [-0.4, -0.2) is 150 Å². The molecule has 2 unspecified atom stereocenters. The van der Waals surface area contributed by atoms with Crippen LogP contribution in [0.2, 0.25) is 0 Å². The van der Waals surface area contributed by atoms with Gasteiger partial charge in [0.05, 0.1) is 28.2 Å². The molecule has 0 radical (unpaired) electrons. The van der Waals surface area contributed by atoms with Crippen LogP contribution >= 0.6 is 11.3 Å². The molecule has 8 rings (SSSR count). The highest BCUT2D eigenvalue weighted by atomic mass is 32.1. The molecule has 0 saturated carbocycles. The number of rotatable bonds is 21. The molecule has 80 heavy (non-hydrogen) atoms. The van der Waals surface area contributed by atoms with Crippen LogP contribution < -0.4 is 26.4 Å². The van der Waals surface area contributed by atoms with Gasteiger partial charge in [0.1, 0.15) is 18.7 Å². The number of thiazole rings is 1.